The molecule has 13 heteroatoms. The summed E-state index contributed by atoms with van der Waals surface area (Å²) in [6.07, 6.45) is 7.87. The third kappa shape index (κ3) is 6.26. The van der Waals surface area contributed by atoms with Gasteiger partial charge < -0.3 is 29.2 Å². The van der Waals surface area contributed by atoms with Gasteiger partial charge in [0.1, 0.15) is 11.4 Å². The van der Waals surface area contributed by atoms with Gasteiger partial charge in [-0.05, 0) is 54.3 Å². The Balaban J connectivity index is 1.21. The van der Waals surface area contributed by atoms with Crippen molar-refractivity contribution in [1.29, 1.82) is 0 Å². The number of H-pyrrole nitrogens is 1. The summed E-state index contributed by atoms with van der Waals surface area (Å²) in [6, 6.07) is 13.1. The van der Waals surface area contributed by atoms with Gasteiger partial charge in [-0.3, -0.25) is 14.3 Å². The van der Waals surface area contributed by atoms with E-state index >= 15 is 4.39 Å². The fourth-order valence-corrected chi connectivity index (χ4v) is 6.91. The number of carbonyl (C=O) groups is 2. The van der Waals surface area contributed by atoms with Crippen LogP contribution in [0.3, 0.4) is 0 Å². The maximum absolute atomic E-state index is 16.7. The molecule has 1 fully saturated rings. The maximum atomic E-state index is 16.7. The lowest BCUT2D eigenvalue weighted by Crippen LogP contribution is -2.49. The zero-order valence-electron chi connectivity index (χ0n) is 28.4. The Hall–Kier alpha value is -5.72. The van der Waals surface area contributed by atoms with E-state index in [0.29, 0.717) is 79.4 Å². The number of pyridine rings is 1. The summed E-state index contributed by atoms with van der Waals surface area (Å²) in [6.45, 7) is 5.27. The fourth-order valence-electron chi connectivity index (χ4n) is 6.91. The van der Waals surface area contributed by atoms with Gasteiger partial charge in [0.2, 0.25) is 5.91 Å². The highest BCUT2D eigenvalue weighted by Gasteiger charge is 2.29. The van der Waals surface area contributed by atoms with Gasteiger partial charge in [-0.1, -0.05) is 29.5 Å². The van der Waals surface area contributed by atoms with Crippen molar-refractivity contribution >= 4 is 34.1 Å². The molecule has 0 bridgehead atoms. The van der Waals surface area contributed by atoms with Crippen LogP contribution in [0.1, 0.15) is 34.5 Å². The molecular formula is C37H39FN8O4. The molecule has 0 saturated carbocycles. The Bertz CT molecular complexity index is 2070. The van der Waals surface area contributed by atoms with Crippen LogP contribution in [0.2, 0.25) is 0 Å². The molecule has 0 spiro atoms. The highest BCUT2D eigenvalue weighted by Crippen LogP contribution is 2.41. The van der Waals surface area contributed by atoms with Gasteiger partial charge in [-0.2, -0.15) is 0 Å². The second kappa shape index (κ2) is 14.0. The quantitative estimate of drug-likeness (QED) is 0.233. The van der Waals surface area contributed by atoms with Gasteiger partial charge in [0, 0.05) is 74.6 Å². The molecule has 0 unspecified atom stereocenters. The lowest BCUT2D eigenvalue weighted by Gasteiger charge is -2.35. The molecule has 7 rings (SSSR count). The van der Waals surface area contributed by atoms with Gasteiger partial charge in [0.05, 0.1) is 32.5 Å². The van der Waals surface area contributed by atoms with Crippen molar-refractivity contribution in [3.63, 3.8) is 0 Å². The predicted octanol–water partition coefficient (Wildman–Crippen LogP) is 4.95. The van der Waals surface area contributed by atoms with E-state index in [1.807, 2.05) is 49.4 Å². The standard InChI is InChI=1S/C37H39FN8O4/c1-24-7-4-9-26(35(24)50-3)28-21-27(25-8-6-14-45(23-25)32(47)11-15-46-16-13-40-42-46)33(38)34-29(28)22-30(41-34)37(48)44-19-17-43(18-20-44)36-31(49-2)10-5-12-39-36/h4-5,7-10,12-13,16,21-22,41H,6,11,14-15,17-20,23H2,1-3H3. The van der Waals surface area contributed by atoms with Crippen LogP contribution in [0, 0.1) is 12.7 Å². The number of ether oxygens (including phenoxy) is 2. The van der Waals surface area contributed by atoms with Crippen molar-refractivity contribution in [2.45, 2.75) is 26.3 Å². The summed E-state index contributed by atoms with van der Waals surface area (Å²) in [5, 5.41) is 8.33. The number of rotatable bonds is 9. The number of hydrogen-bond donors (Lipinski definition) is 1. The number of nitrogens with one attached hydrogen (secondary N) is 1. The first-order valence-electron chi connectivity index (χ1n) is 16.7. The van der Waals surface area contributed by atoms with Crippen molar-refractivity contribution in [1.82, 2.24) is 34.8 Å². The van der Waals surface area contributed by atoms with E-state index in [-0.39, 0.29) is 30.3 Å². The number of carbonyl (C=O) groups excluding carboxylic acids is 2. The number of para-hydroxylation sites is 1. The SMILES string of the molecule is COc1cccnc1N1CCN(C(=O)c2cc3c(-c4cccc(C)c4OC)cc(C4=CCCN(C(=O)CCn5ccnn5)C4)c(F)c3[nH]2)CC1. The molecule has 50 heavy (non-hydrogen) atoms. The summed E-state index contributed by atoms with van der Waals surface area (Å²) < 4.78 is 29.7. The van der Waals surface area contributed by atoms with Crippen LogP contribution in [0.4, 0.5) is 10.2 Å². The van der Waals surface area contributed by atoms with Crippen molar-refractivity contribution in [2.75, 3.05) is 58.4 Å². The normalized spacial score (nSPS) is 15.0. The minimum absolute atomic E-state index is 0.0393. The van der Waals surface area contributed by atoms with Gasteiger partial charge in [0.15, 0.2) is 17.4 Å². The second-order valence-corrected chi connectivity index (χ2v) is 12.5. The highest BCUT2D eigenvalue weighted by atomic mass is 19.1. The Morgan fingerprint density at radius 3 is 2.54 bits per heavy atom. The van der Waals surface area contributed by atoms with E-state index in [4.69, 9.17) is 9.47 Å². The van der Waals surface area contributed by atoms with E-state index in [1.165, 1.54) is 0 Å². The van der Waals surface area contributed by atoms with Crippen LogP contribution in [0.5, 0.6) is 11.5 Å². The fraction of sp³-hybridized carbons (Fsp3) is 0.324. The van der Waals surface area contributed by atoms with Crippen molar-refractivity contribution in [3.8, 4) is 22.6 Å². The molecule has 3 aromatic heterocycles. The number of hydrogen-bond acceptors (Lipinski definition) is 8. The molecule has 12 nitrogen and oxygen atoms in total. The summed E-state index contributed by atoms with van der Waals surface area (Å²) in [5.74, 6) is 1.38. The number of anilines is 1. The molecule has 0 aliphatic carbocycles. The largest absolute Gasteiger partial charge is 0.496 e. The van der Waals surface area contributed by atoms with Crippen LogP contribution in [0.25, 0.3) is 27.6 Å². The third-order valence-corrected chi connectivity index (χ3v) is 9.50. The molecule has 5 heterocycles. The summed E-state index contributed by atoms with van der Waals surface area (Å²) >= 11 is 0. The zero-order chi connectivity index (χ0) is 34.8. The second-order valence-electron chi connectivity index (χ2n) is 12.5. The number of benzene rings is 2. The number of amides is 2. The molecule has 258 valence electrons. The summed E-state index contributed by atoms with van der Waals surface area (Å²) in [7, 11) is 3.23. The number of piperazine rings is 1. The van der Waals surface area contributed by atoms with Gasteiger partial charge in [-0.15, -0.1) is 5.10 Å². The number of fused-ring (bicyclic) bond motifs is 1. The number of aromatic amines is 1. The lowest BCUT2D eigenvalue weighted by molar-refractivity contribution is -0.131. The third-order valence-electron chi connectivity index (χ3n) is 9.50. The number of nitrogens with zero attached hydrogens (tertiary/aromatic N) is 7. The molecule has 2 aromatic carbocycles. The van der Waals surface area contributed by atoms with Gasteiger partial charge in [-0.25, -0.2) is 9.37 Å². The molecule has 1 N–H and O–H groups in total. The van der Waals surface area contributed by atoms with Crippen LogP contribution in [-0.4, -0.2) is 100 Å². The van der Waals surface area contributed by atoms with Gasteiger partial charge in [0.25, 0.3) is 5.91 Å². The topological polar surface area (TPSA) is 122 Å². The van der Waals surface area contributed by atoms with Crippen molar-refractivity contribution in [2.24, 2.45) is 0 Å². The Kier molecular flexibility index (Phi) is 9.20. The minimum atomic E-state index is -0.468. The molecule has 0 atom stereocenters. The lowest BCUT2D eigenvalue weighted by atomic mass is 9.92. The average Bonchev–Trinajstić information content (AvgIpc) is 3.85. The van der Waals surface area contributed by atoms with E-state index < -0.39 is 5.82 Å². The van der Waals surface area contributed by atoms with Crippen LogP contribution in [-0.2, 0) is 11.3 Å². The molecule has 5 aromatic rings. The number of aromatic nitrogens is 5. The first-order chi connectivity index (χ1) is 24.4. The van der Waals surface area contributed by atoms with Crippen molar-refractivity contribution < 1.29 is 23.5 Å². The molecule has 1 saturated heterocycles. The molecule has 0 radical (unpaired) electrons. The zero-order valence-corrected chi connectivity index (χ0v) is 28.4. The smallest absolute Gasteiger partial charge is 0.270 e. The Morgan fingerprint density at radius 2 is 1.78 bits per heavy atom. The molecule has 2 amide bonds. The van der Waals surface area contributed by atoms with Crippen molar-refractivity contribution in [3.05, 3.63) is 89.8 Å². The number of halogens is 1. The van der Waals surface area contributed by atoms with Gasteiger partial charge >= 0.3 is 0 Å². The summed E-state index contributed by atoms with van der Waals surface area (Å²) in [4.78, 5) is 40.4. The molecular weight excluding hydrogens is 639 g/mol. The minimum Gasteiger partial charge on any atom is -0.496 e. The Morgan fingerprint density at radius 1 is 0.940 bits per heavy atom. The highest BCUT2D eigenvalue weighted by molar-refractivity contribution is 6.05. The number of methoxy groups -OCH3 is 2. The van der Waals surface area contributed by atoms with E-state index in [0.717, 1.165) is 22.5 Å². The summed E-state index contributed by atoms with van der Waals surface area (Å²) in [5.41, 5.74) is 4.07. The predicted molar refractivity (Wildman–Crippen MR) is 188 cm³/mol. The first-order valence-corrected chi connectivity index (χ1v) is 16.7. The maximum Gasteiger partial charge on any atom is 0.270 e. The van der Waals surface area contributed by atoms with E-state index in [2.05, 4.69) is 25.2 Å². The van der Waals surface area contributed by atoms with Crippen LogP contribution >= 0.6 is 0 Å². The van der Waals surface area contributed by atoms with E-state index in [1.54, 1.807) is 53.4 Å². The average molecular weight is 679 g/mol. The Labute approximate surface area is 289 Å². The number of aryl methyl sites for hydroxylation is 2. The monoisotopic (exact) mass is 678 g/mol. The van der Waals surface area contributed by atoms with E-state index in [9.17, 15) is 9.59 Å². The van der Waals surface area contributed by atoms with Crippen LogP contribution < -0.4 is 14.4 Å². The first kappa shape index (κ1) is 32.8. The molecule has 2 aliphatic rings. The van der Waals surface area contributed by atoms with Crippen LogP contribution in [0.15, 0.2) is 67.1 Å². The molecule has 2 aliphatic heterocycles.